The van der Waals surface area contributed by atoms with Crippen LogP contribution < -0.4 is 0 Å². The lowest BCUT2D eigenvalue weighted by molar-refractivity contribution is -0.132. The van der Waals surface area contributed by atoms with Crippen LogP contribution in [0.3, 0.4) is 0 Å². The maximum Gasteiger partial charge on any atom is 0.223 e. The number of aromatic nitrogens is 3. The highest BCUT2D eigenvalue weighted by Gasteiger charge is 2.30. The fourth-order valence-electron chi connectivity index (χ4n) is 2.76. The minimum Gasteiger partial charge on any atom is -0.336 e. The smallest absolute Gasteiger partial charge is 0.223 e. The van der Waals surface area contributed by atoms with E-state index in [0.29, 0.717) is 6.42 Å². The molecule has 0 aromatic carbocycles. The first-order valence-corrected chi connectivity index (χ1v) is 7.78. The average molecular weight is 290 g/mol. The Morgan fingerprint density at radius 2 is 2.45 bits per heavy atom. The Kier molecular flexibility index (Phi) is 3.82. The van der Waals surface area contributed by atoms with Crippen molar-refractivity contribution in [2.45, 2.75) is 31.7 Å². The lowest BCUT2D eigenvalue weighted by Crippen LogP contribution is -2.30. The third kappa shape index (κ3) is 2.75. The topological polar surface area (TPSA) is 51.0 Å². The molecule has 0 bridgehead atoms. The van der Waals surface area contributed by atoms with Gasteiger partial charge in [0.05, 0.1) is 17.2 Å². The van der Waals surface area contributed by atoms with Crippen molar-refractivity contribution in [2.24, 2.45) is 7.05 Å². The van der Waals surface area contributed by atoms with Crippen molar-refractivity contribution < 1.29 is 4.79 Å². The normalized spacial score (nSPS) is 18.6. The number of hydrogen-bond acceptors (Lipinski definition) is 4. The molecule has 6 heteroatoms. The van der Waals surface area contributed by atoms with E-state index in [4.69, 9.17) is 0 Å². The zero-order valence-electron chi connectivity index (χ0n) is 11.5. The summed E-state index contributed by atoms with van der Waals surface area (Å²) in [7, 11) is 1.91. The SMILES string of the molecule is Cn1cc([C@@H]2CCCN2C(=O)CCc2nccs2)cn1. The standard InChI is InChI=1S/C14H18N4OS/c1-17-10-11(9-16-17)12-3-2-7-18(12)14(19)5-4-13-15-6-8-20-13/h6,8-10,12H,2-5,7H2,1H3/t12-/m0/s1. The molecule has 0 radical (unpaired) electrons. The third-order valence-electron chi connectivity index (χ3n) is 3.72. The first-order valence-electron chi connectivity index (χ1n) is 6.90. The molecule has 3 heterocycles. The number of carbonyl (C=O) groups excluding carboxylic acids is 1. The van der Waals surface area contributed by atoms with Crippen molar-refractivity contribution in [3.8, 4) is 0 Å². The van der Waals surface area contributed by atoms with Gasteiger partial charge in [0.1, 0.15) is 0 Å². The van der Waals surface area contributed by atoms with E-state index in [1.54, 1.807) is 22.2 Å². The highest BCUT2D eigenvalue weighted by molar-refractivity contribution is 7.09. The lowest BCUT2D eigenvalue weighted by Gasteiger charge is -2.23. The van der Waals surface area contributed by atoms with E-state index in [0.717, 1.165) is 36.4 Å². The first kappa shape index (κ1) is 13.3. The predicted octanol–water partition coefficient (Wildman–Crippen LogP) is 2.17. The summed E-state index contributed by atoms with van der Waals surface area (Å²) in [6.45, 7) is 0.857. The van der Waals surface area contributed by atoms with Crippen molar-refractivity contribution in [3.05, 3.63) is 34.5 Å². The number of nitrogens with zero attached hydrogens (tertiary/aromatic N) is 4. The molecule has 5 nitrogen and oxygen atoms in total. The Morgan fingerprint density at radius 1 is 1.55 bits per heavy atom. The van der Waals surface area contributed by atoms with Crippen LogP contribution in [0, 0.1) is 0 Å². The molecule has 0 saturated carbocycles. The monoisotopic (exact) mass is 290 g/mol. The molecule has 1 fully saturated rings. The lowest BCUT2D eigenvalue weighted by atomic mass is 10.1. The molecule has 1 aliphatic heterocycles. The van der Waals surface area contributed by atoms with Crippen LogP contribution in [-0.4, -0.2) is 32.1 Å². The highest BCUT2D eigenvalue weighted by atomic mass is 32.1. The molecule has 0 unspecified atom stereocenters. The van der Waals surface area contributed by atoms with Crippen LogP contribution in [0.25, 0.3) is 0 Å². The molecule has 2 aromatic rings. The molecular weight excluding hydrogens is 272 g/mol. The molecule has 1 amide bonds. The van der Waals surface area contributed by atoms with E-state index < -0.39 is 0 Å². The highest BCUT2D eigenvalue weighted by Crippen LogP contribution is 2.32. The zero-order valence-corrected chi connectivity index (χ0v) is 12.3. The minimum absolute atomic E-state index is 0.201. The molecule has 0 spiro atoms. The third-order valence-corrected chi connectivity index (χ3v) is 4.56. The number of aryl methyl sites for hydroxylation is 2. The summed E-state index contributed by atoms with van der Waals surface area (Å²) in [5, 5.41) is 7.20. The van der Waals surface area contributed by atoms with Crippen molar-refractivity contribution >= 4 is 17.2 Å². The summed E-state index contributed by atoms with van der Waals surface area (Å²) in [5.41, 5.74) is 1.15. The van der Waals surface area contributed by atoms with Crippen LogP contribution in [0.5, 0.6) is 0 Å². The Labute approximate surface area is 122 Å². The number of amides is 1. The molecule has 1 saturated heterocycles. The second-order valence-electron chi connectivity index (χ2n) is 5.12. The van der Waals surface area contributed by atoms with Gasteiger partial charge in [0, 0.05) is 49.8 Å². The van der Waals surface area contributed by atoms with Crippen molar-refractivity contribution in [2.75, 3.05) is 6.54 Å². The number of likely N-dealkylation sites (tertiary alicyclic amines) is 1. The largest absolute Gasteiger partial charge is 0.336 e. The molecule has 0 aliphatic carbocycles. The van der Waals surface area contributed by atoms with Gasteiger partial charge in [-0.05, 0) is 12.8 Å². The molecular formula is C14H18N4OS. The van der Waals surface area contributed by atoms with Gasteiger partial charge in [-0.15, -0.1) is 11.3 Å². The summed E-state index contributed by atoms with van der Waals surface area (Å²) in [5.74, 6) is 0.228. The molecule has 1 aliphatic rings. The number of hydrogen-bond donors (Lipinski definition) is 0. The predicted molar refractivity (Wildman–Crippen MR) is 77.3 cm³/mol. The maximum atomic E-state index is 12.4. The van der Waals surface area contributed by atoms with Gasteiger partial charge in [-0.3, -0.25) is 9.48 Å². The van der Waals surface area contributed by atoms with E-state index in [1.165, 1.54) is 0 Å². The summed E-state index contributed by atoms with van der Waals surface area (Å²) in [6.07, 6.45) is 9.07. The minimum atomic E-state index is 0.201. The van der Waals surface area contributed by atoms with Crippen LogP contribution in [0.4, 0.5) is 0 Å². The van der Waals surface area contributed by atoms with Gasteiger partial charge < -0.3 is 4.90 Å². The van der Waals surface area contributed by atoms with E-state index >= 15 is 0 Å². The Morgan fingerprint density at radius 3 is 3.15 bits per heavy atom. The molecule has 2 aromatic heterocycles. The van der Waals surface area contributed by atoms with Crippen molar-refractivity contribution in [1.82, 2.24) is 19.7 Å². The first-order chi connectivity index (χ1) is 9.74. The Hall–Kier alpha value is -1.69. The summed E-state index contributed by atoms with van der Waals surface area (Å²) >= 11 is 1.61. The fourth-order valence-corrected chi connectivity index (χ4v) is 3.38. The molecule has 3 rings (SSSR count). The van der Waals surface area contributed by atoms with Crippen LogP contribution >= 0.6 is 11.3 Å². The molecule has 106 valence electrons. The number of rotatable bonds is 4. The van der Waals surface area contributed by atoms with Gasteiger partial charge in [-0.1, -0.05) is 0 Å². The van der Waals surface area contributed by atoms with Crippen LogP contribution in [0.15, 0.2) is 24.0 Å². The van der Waals surface area contributed by atoms with Crippen molar-refractivity contribution in [3.63, 3.8) is 0 Å². The second kappa shape index (κ2) is 5.75. The van der Waals surface area contributed by atoms with E-state index in [2.05, 4.69) is 10.1 Å². The average Bonchev–Trinajstić information content (AvgIpc) is 3.16. The van der Waals surface area contributed by atoms with Gasteiger partial charge >= 0.3 is 0 Å². The molecule has 0 N–H and O–H groups in total. The van der Waals surface area contributed by atoms with E-state index in [1.807, 2.05) is 29.7 Å². The zero-order chi connectivity index (χ0) is 13.9. The quantitative estimate of drug-likeness (QED) is 0.867. The van der Waals surface area contributed by atoms with Crippen LogP contribution in [0.1, 0.15) is 35.9 Å². The Balaban J connectivity index is 1.64. The van der Waals surface area contributed by atoms with E-state index in [9.17, 15) is 4.79 Å². The van der Waals surface area contributed by atoms with E-state index in [-0.39, 0.29) is 11.9 Å². The Bertz CT molecular complexity index is 578. The molecule has 20 heavy (non-hydrogen) atoms. The summed E-state index contributed by atoms with van der Waals surface area (Å²) in [4.78, 5) is 18.6. The number of thiazole rings is 1. The van der Waals surface area contributed by atoms with Gasteiger partial charge in [0.25, 0.3) is 0 Å². The molecule has 1 atom stereocenters. The fraction of sp³-hybridized carbons (Fsp3) is 0.500. The van der Waals surface area contributed by atoms with Gasteiger partial charge in [-0.25, -0.2) is 4.98 Å². The number of carbonyl (C=O) groups is 1. The van der Waals surface area contributed by atoms with Gasteiger partial charge in [-0.2, -0.15) is 5.10 Å². The summed E-state index contributed by atoms with van der Waals surface area (Å²) in [6, 6.07) is 0.201. The van der Waals surface area contributed by atoms with Crippen LogP contribution in [0.2, 0.25) is 0 Å². The van der Waals surface area contributed by atoms with Crippen LogP contribution in [-0.2, 0) is 18.3 Å². The van der Waals surface area contributed by atoms with Gasteiger partial charge in [0.2, 0.25) is 5.91 Å². The van der Waals surface area contributed by atoms with Gasteiger partial charge in [0.15, 0.2) is 0 Å². The van der Waals surface area contributed by atoms with Crippen molar-refractivity contribution in [1.29, 1.82) is 0 Å². The maximum absolute atomic E-state index is 12.4. The second-order valence-corrected chi connectivity index (χ2v) is 6.10. The summed E-state index contributed by atoms with van der Waals surface area (Å²) < 4.78 is 1.80.